The molecule has 8 fully saturated rings. The van der Waals surface area contributed by atoms with E-state index in [4.69, 9.17) is 50.5 Å². The molecule has 0 aromatic carbocycles. The van der Waals surface area contributed by atoms with Crippen LogP contribution < -0.4 is 59.1 Å². The first-order chi connectivity index (χ1) is 33.5. The van der Waals surface area contributed by atoms with Crippen LogP contribution in [-0.4, -0.2) is 121 Å². The van der Waals surface area contributed by atoms with Crippen molar-refractivity contribution < 1.29 is 164 Å². The van der Waals surface area contributed by atoms with Crippen molar-refractivity contribution in [1.29, 1.82) is 0 Å². The molecule has 6 atom stereocenters. The number of unbranched alkanes of at least 4 members (excludes halogenated alkanes) is 2. The largest absolute Gasteiger partial charge is 1.00 e. The van der Waals surface area contributed by atoms with Crippen LogP contribution >= 0.6 is 0 Å². The number of alkyl halides is 2. The molecule has 8 aliphatic rings. The maximum absolute atomic E-state index is 13.5. The summed E-state index contributed by atoms with van der Waals surface area (Å²) >= 11 is 0. The Bertz CT molecular complexity index is 2120. The van der Waals surface area contributed by atoms with Crippen LogP contribution in [0.15, 0.2) is 24.3 Å². The van der Waals surface area contributed by atoms with Crippen molar-refractivity contribution in [2.45, 2.75) is 156 Å². The first-order valence-corrected chi connectivity index (χ1v) is 26.6. The summed E-state index contributed by atoms with van der Waals surface area (Å²) in [6.07, 6.45) is 10.5. The predicted molar refractivity (Wildman–Crippen MR) is 253 cm³/mol. The van der Waals surface area contributed by atoms with Crippen molar-refractivity contribution >= 4 is 44.7 Å². The number of hydrogen-bond donors (Lipinski definition) is 0. The van der Waals surface area contributed by atoms with Gasteiger partial charge in [-0.15, -0.1) is 12.6 Å². The van der Waals surface area contributed by atoms with Gasteiger partial charge in [0.25, 0.3) is 0 Å². The molecule has 6 unspecified atom stereocenters. The van der Waals surface area contributed by atoms with Gasteiger partial charge in [0, 0.05) is 41.6 Å². The maximum Gasteiger partial charge on any atom is 1.00 e. The number of esters is 4. The summed E-state index contributed by atoms with van der Waals surface area (Å²) in [4.78, 5) is 45.6. The molecule has 1 N–H and O–H groups in total. The van der Waals surface area contributed by atoms with Crippen LogP contribution in [0.3, 0.4) is 0 Å². The van der Waals surface area contributed by atoms with E-state index in [9.17, 15) is 49.0 Å². The molecule has 0 amide bonds. The van der Waals surface area contributed by atoms with E-state index in [0.29, 0.717) is 106 Å². The predicted octanol–water partition coefficient (Wildman–Crippen LogP) is 2.57. The van der Waals surface area contributed by atoms with E-state index in [1.165, 1.54) is 6.42 Å². The van der Waals surface area contributed by atoms with Gasteiger partial charge in [0.05, 0.1) is 39.6 Å². The smallest absolute Gasteiger partial charge is 0.870 e. The molecular formula is C49H75F5Na2O18S2. The fourth-order valence-electron chi connectivity index (χ4n) is 12.8. The van der Waals surface area contributed by atoms with E-state index in [-0.39, 0.29) is 120 Å². The molecular weight excluding hydrogens is 1080 g/mol. The Labute approximate surface area is 489 Å². The zero-order valence-electron chi connectivity index (χ0n) is 43.9. The molecule has 27 heteroatoms. The molecule has 0 heterocycles. The summed E-state index contributed by atoms with van der Waals surface area (Å²) in [6.45, 7) is 16.2. The Kier molecular flexibility index (Phi) is 31.9. The maximum atomic E-state index is 13.5. The number of rotatable bonds is 27. The number of hydrogen-bond acceptors (Lipinski definition) is 18. The average molecular weight is 1160 g/mol. The van der Waals surface area contributed by atoms with Crippen LogP contribution in [0.5, 0.6) is 0 Å². The van der Waals surface area contributed by atoms with E-state index < -0.39 is 62.1 Å². The van der Waals surface area contributed by atoms with E-state index in [0.717, 1.165) is 57.8 Å². The minimum absolute atomic E-state index is 0. The van der Waals surface area contributed by atoms with Crippen molar-refractivity contribution in [2.24, 2.45) is 45.3 Å². The molecule has 18 nitrogen and oxygen atoms in total. The molecule has 8 rings (SSSR count). The van der Waals surface area contributed by atoms with Crippen LogP contribution in [0.2, 0.25) is 0 Å². The SMILES string of the molecule is C.C=C(C)C(=O)OCCCCOC(C)OCC12CC3CC(CC(COC(=O)C(F)(F)S(=O)(=O)F)(C3)C1)C2.C=C(C)C(=O)OCCCCOC(C)OCC12CC3CC(CC(COC(=O)[C-](F)F)(C3)C1)C2.O=S(=O)=O.[Na+].[Na+].[OH-]. The molecule has 428 valence electrons. The Hall–Kier alpha value is -1.75. The first-order valence-electron chi connectivity index (χ1n) is 24.3. The monoisotopic (exact) mass is 1160 g/mol. The third-order valence-electron chi connectivity index (χ3n) is 14.5. The Morgan fingerprint density at radius 2 is 0.908 bits per heavy atom. The van der Waals surface area contributed by atoms with Crippen molar-refractivity contribution in [3.05, 3.63) is 30.7 Å². The van der Waals surface area contributed by atoms with Gasteiger partial charge >= 0.3 is 103 Å². The Balaban J connectivity index is 0.00000132. The van der Waals surface area contributed by atoms with E-state index in [2.05, 4.69) is 13.2 Å². The van der Waals surface area contributed by atoms with Gasteiger partial charge in [-0.05, 0) is 165 Å². The molecule has 0 aromatic heterocycles. The van der Waals surface area contributed by atoms with Gasteiger partial charge in [-0.1, -0.05) is 24.5 Å². The van der Waals surface area contributed by atoms with Gasteiger partial charge in [0.2, 0.25) is 5.97 Å². The summed E-state index contributed by atoms with van der Waals surface area (Å²) in [6, 6.07) is 0. The molecule has 8 saturated carbocycles. The van der Waals surface area contributed by atoms with Crippen molar-refractivity contribution in [1.82, 2.24) is 0 Å². The minimum Gasteiger partial charge on any atom is -0.870 e. The molecule has 8 bridgehead atoms. The normalized spacial score (nSPS) is 27.8. The van der Waals surface area contributed by atoms with Crippen molar-refractivity contribution in [3.8, 4) is 0 Å². The van der Waals surface area contributed by atoms with Gasteiger partial charge in [-0.25, -0.2) is 14.4 Å². The van der Waals surface area contributed by atoms with Gasteiger partial charge in [-0.2, -0.15) is 17.2 Å². The van der Waals surface area contributed by atoms with E-state index >= 15 is 0 Å². The third kappa shape index (κ3) is 22.7. The van der Waals surface area contributed by atoms with Gasteiger partial charge < -0.3 is 52.2 Å². The van der Waals surface area contributed by atoms with Crippen LogP contribution in [0.25, 0.3) is 0 Å². The fraction of sp³-hybridized carbons (Fsp3) is 0.816. The number of halogens is 5. The topological polar surface area (TPSA) is 257 Å². The van der Waals surface area contributed by atoms with Crippen LogP contribution in [0.4, 0.5) is 21.4 Å². The minimum atomic E-state index is -6.40. The Morgan fingerprint density at radius 1 is 0.605 bits per heavy atom. The van der Waals surface area contributed by atoms with Crippen LogP contribution in [0.1, 0.15) is 138 Å². The summed E-state index contributed by atoms with van der Waals surface area (Å²) in [5.74, 6) is -2.93. The summed E-state index contributed by atoms with van der Waals surface area (Å²) in [5.41, 5.74) is -0.221. The summed E-state index contributed by atoms with van der Waals surface area (Å²) in [5, 5.41) is -5.21. The van der Waals surface area contributed by atoms with Crippen LogP contribution in [0, 0.1) is 51.8 Å². The van der Waals surface area contributed by atoms with Gasteiger partial charge in [0.15, 0.2) is 12.6 Å². The number of ether oxygens (including phenoxy) is 8. The summed E-state index contributed by atoms with van der Waals surface area (Å²) < 4.78 is 155. The molecule has 0 spiro atoms. The molecule has 8 aliphatic carbocycles. The van der Waals surface area contributed by atoms with Gasteiger partial charge in [-0.3, -0.25) is 4.79 Å². The van der Waals surface area contributed by atoms with E-state index in [1.807, 2.05) is 6.92 Å². The average Bonchev–Trinajstić information content (AvgIpc) is 3.26. The second-order valence-corrected chi connectivity index (χ2v) is 23.0. The second-order valence-electron chi connectivity index (χ2n) is 21.2. The molecule has 0 aromatic rings. The summed E-state index contributed by atoms with van der Waals surface area (Å²) in [7, 11) is -9.51. The fourth-order valence-corrected chi connectivity index (χ4v) is 13.1. The Morgan fingerprint density at radius 3 is 1.21 bits per heavy atom. The molecule has 0 aliphatic heterocycles. The molecule has 76 heavy (non-hydrogen) atoms. The van der Waals surface area contributed by atoms with Crippen LogP contribution in [-0.2, 0) is 77.9 Å². The molecule has 0 radical (unpaired) electrons. The van der Waals surface area contributed by atoms with Crippen molar-refractivity contribution in [2.75, 3.05) is 52.9 Å². The first kappa shape index (κ1) is 74.2. The zero-order valence-corrected chi connectivity index (χ0v) is 49.6. The second kappa shape index (κ2) is 32.6. The zero-order chi connectivity index (χ0) is 53.7. The van der Waals surface area contributed by atoms with Crippen molar-refractivity contribution in [3.63, 3.8) is 0 Å². The number of carbonyl (C=O) groups excluding carboxylic acids is 4. The van der Waals surface area contributed by atoms with E-state index in [1.54, 1.807) is 20.8 Å². The third-order valence-corrected chi connectivity index (χ3v) is 15.3. The van der Waals surface area contributed by atoms with Gasteiger partial charge in [0.1, 0.15) is 0 Å². The number of carbonyl (C=O) groups is 4. The standard InChI is InChI=1S/C24H35F3O8S.C24H35F2O6.CH4.2Na.O3S.H2O/c1-16(2)20(28)33-7-5-4-6-32-17(3)34-14-22-9-18-8-19(10-22)12-23(11-18,13-22)15-35-21(29)24(25,26)36(27,30)31;1-16(2)21(27)30-7-5-4-6-29-17(3)31-14-23-9-18-8-19(10-23)12-24(11-18,13-23)15-32-22(28)20(25)26;;;;1-4(2)3;/h17-19H,1,4-15H2,2-3H3;17-19H,1,4-15H2,2-3H3;1H4;;;;1H2/q;-1;;2*+1;;/p-1. The molecule has 0 saturated heterocycles. The quantitative estimate of drug-likeness (QED) is 0.0132.